The highest BCUT2D eigenvalue weighted by molar-refractivity contribution is 6.31. The number of carbonyl (C=O) groups excluding carboxylic acids is 1. The van der Waals surface area contributed by atoms with Gasteiger partial charge in [0.2, 0.25) is 6.79 Å². The first-order valence-electron chi connectivity index (χ1n) is 10.2. The van der Waals surface area contributed by atoms with Crippen molar-refractivity contribution in [3.8, 4) is 28.5 Å². The van der Waals surface area contributed by atoms with Crippen LogP contribution in [-0.4, -0.2) is 61.1 Å². The van der Waals surface area contributed by atoms with Gasteiger partial charge in [0.25, 0.3) is 5.91 Å². The van der Waals surface area contributed by atoms with Gasteiger partial charge in [0.05, 0.1) is 18.4 Å². The van der Waals surface area contributed by atoms with Crippen LogP contribution in [0, 0.1) is 0 Å². The molecule has 9 heteroatoms. The molecule has 0 N–H and O–H groups in total. The van der Waals surface area contributed by atoms with Crippen molar-refractivity contribution in [1.29, 1.82) is 0 Å². The summed E-state index contributed by atoms with van der Waals surface area (Å²) in [6, 6.07) is 14.7. The molecule has 3 aromatic rings. The van der Waals surface area contributed by atoms with Crippen LogP contribution in [0.25, 0.3) is 11.3 Å². The van der Waals surface area contributed by atoms with Crippen LogP contribution in [0.5, 0.6) is 17.2 Å². The monoisotopic (exact) mass is 452 g/mol. The number of nitrogens with zero attached hydrogens (tertiary/aromatic N) is 4. The summed E-state index contributed by atoms with van der Waals surface area (Å²) in [4.78, 5) is 16.9. The molecule has 0 unspecified atom stereocenters. The van der Waals surface area contributed by atoms with Gasteiger partial charge in [0.1, 0.15) is 5.75 Å². The van der Waals surface area contributed by atoms with Crippen molar-refractivity contribution >= 4 is 23.3 Å². The lowest BCUT2D eigenvalue weighted by molar-refractivity contribution is 0.0743. The summed E-state index contributed by atoms with van der Waals surface area (Å²) in [5, 5.41) is 9.29. The van der Waals surface area contributed by atoms with Gasteiger partial charge >= 0.3 is 0 Å². The number of ether oxygens (including phenoxy) is 3. The third-order valence-electron chi connectivity index (χ3n) is 5.60. The highest BCUT2D eigenvalue weighted by atomic mass is 35.5. The van der Waals surface area contributed by atoms with Gasteiger partial charge in [0, 0.05) is 36.8 Å². The largest absolute Gasteiger partial charge is 0.496 e. The Morgan fingerprint density at radius 2 is 1.78 bits per heavy atom. The minimum absolute atomic E-state index is 0.0896. The van der Waals surface area contributed by atoms with E-state index in [4.69, 9.17) is 25.8 Å². The number of hydrogen-bond donors (Lipinski definition) is 0. The molecule has 0 atom stereocenters. The number of hydrogen-bond acceptors (Lipinski definition) is 7. The van der Waals surface area contributed by atoms with E-state index in [-0.39, 0.29) is 12.7 Å². The van der Waals surface area contributed by atoms with E-state index in [0.717, 1.165) is 22.8 Å². The standard InChI is InChI=1S/C23H21ClN4O4/c1-30-19-6-3-16(24)13-17(19)23(29)28-10-8-27(9-11-28)22-7-4-18(25-26-22)15-2-5-20-21(12-15)32-14-31-20/h2-7,12-13H,8-11,14H2,1H3. The Bertz CT molecular complexity index is 1150. The number of carbonyl (C=O) groups is 1. The molecular formula is C23H21ClN4O4. The van der Waals surface area contributed by atoms with Crippen molar-refractivity contribution < 1.29 is 19.0 Å². The summed E-state index contributed by atoms with van der Waals surface area (Å²) in [6.07, 6.45) is 0. The highest BCUT2D eigenvalue weighted by Gasteiger charge is 2.25. The second-order valence-electron chi connectivity index (χ2n) is 7.47. The number of halogens is 1. The van der Waals surface area contributed by atoms with E-state index in [1.807, 2.05) is 30.3 Å². The van der Waals surface area contributed by atoms with Crippen molar-refractivity contribution in [2.75, 3.05) is 45.0 Å². The Balaban J connectivity index is 1.25. The van der Waals surface area contributed by atoms with E-state index in [1.54, 1.807) is 30.2 Å². The SMILES string of the molecule is COc1ccc(Cl)cc1C(=O)N1CCN(c2ccc(-c3ccc4c(c3)OCO4)nn2)CC1. The van der Waals surface area contributed by atoms with Crippen LogP contribution < -0.4 is 19.1 Å². The van der Waals surface area contributed by atoms with E-state index in [9.17, 15) is 4.79 Å². The van der Waals surface area contributed by atoms with Gasteiger partial charge in [-0.25, -0.2) is 0 Å². The molecule has 3 heterocycles. The lowest BCUT2D eigenvalue weighted by Crippen LogP contribution is -2.49. The Morgan fingerprint density at radius 3 is 2.53 bits per heavy atom. The van der Waals surface area contributed by atoms with Crippen LogP contribution in [-0.2, 0) is 0 Å². The second kappa shape index (κ2) is 8.55. The third kappa shape index (κ3) is 3.89. The van der Waals surface area contributed by atoms with Crippen LogP contribution in [0.1, 0.15) is 10.4 Å². The fourth-order valence-electron chi connectivity index (χ4n) is 3.86. The maximum Gasteiger partial charge on any atom is 0.257 e. The van der Waals surface area contributed by atoms with E-state index in [2.05, 4.69) is 15.1 Å². The fraction of sp³-hybridized carbons (Fsp3) is 0.261. The molecule has 1 aromatic heterocycles. The number of amides is 1. The Hall–Kier alpha value is -3.52. The third-order valence-corrected chi connectivity index (χ3v) is 5.84. The summed E-state index contributed by atoms with van der Waals surface area (Å²) in [6.45, 7) is 2.70. The molecule has 8 nitrogen and oxygen atoms in total. The van der Waals surface area contributed by atoms with Crippen molar-refractivity contribution in [1.82, 2.24) is 15.1 Å². The number of fused-ring (bicyclic) bond motifs is 1. The van der Waals surface area contributed by atoms with Crippen LogP contribution in [0.4, 0.5) is 5.82 Å². The van der Waals surface area contributed by atoms with Gasteiger partial charge in [-0.3, -0.25) is 4.79 Å². The summed E-state index contributed by atoms with van der Waals surface area (Å²) >= 11 is 6.08. The average Bonchev–Trinajstić information content (AvgIpc) is 3.32. The Kier molecular flexibility index (Phi) is 5.45. The maximum atomic E-state index is 13.0. The molecule has 0 spiro atoms. The van der Waals surface area contributed by atoms with Gasteiger partial charge in [0.15, 0.2) is 17.3 Å². The van der Waals surface area contributed by atoms with Crippen LogP contribution in [0.15, 0.2) is 48.5 Å². The van der Waals surface area contributed by atoms with E-state index in [0.29, 0.717) is 48.3 Å². The van der Waals surface area contributed by atoms with Crippen LogP contribution in [0.3, 0.4) is 0 Å². The topological polar surface area (TPSA) is 77.0 Å². The molecular weight excluding hydrogens is 432 g/mol. The normalized spacial score (nSPS) is 15.1. The molecule has 0 radical (unpaired) electrons. The predicted molar refractivity (Wildman–Crippen MR) is 120 cm³/mol. The van der Waals surface area contributed by atoms with Crippen molar-refractivity contribution in [3.05, 3.63) is 59.1 Å². The molecule has 1 amide bonds. The molecule has 0 saturated carbocycles. The molecule has 2 aliphatic rings. The van der Waals surface area contributed by atoms with Gasteiger partial charge in [-0.1, -0.05) is 11.6 Å². The maximum absolute atomic E-state index is 13.0. The van der Waals surface area contributed by atoms with Gasteiger partial charge in [-0.15, -0.1) is 10.2 Å². The smallest absolute Gasteiger partial charge is 0.257 e. The second-order valence-corrected chi connectivity index (χ2v) is 7.91. The average molecular weight is 453 g/mol. The molecule has 0 bridgehead atoms. The zero-order valence-corrected chi connectivity index (χ0v) is 18.2. The number of anilines is 1. The van der Waals surface area contributed by atoms with E-state index < -0.39 is 0 Å². The van der Waals surface area contributed by atoms with Crippen LogP contribution in [0.2, 0.25) is 5.02 Å². The first kappa shape index (κ1) is 20.4. The van der Waals surface area contributed by atoms with Gasteiger partial charge in [-0.05, 0) is 48.5 Å². The predicted octanol–water partition coefficient (Wildman–Crippen LogP) is 3.50. The summed E-state index contributed by atoms with van der Waals surface area (Å²) < 4.78 is 16.1. The summed E-state index contributed by atoms with van der Waals surface area (Å²) in [5.41, 5.74) is 2.15. The lowest BCUT2D eigenvalue weighted by Gasteiger charge is -2.35. The number of piperazine rings is 1. The zero-order chi connectivity index (χ0) is 22.1. The minimum Gasteiger partial charge on any atom is -0.496 e. The number of aromatic nitrogens is 2. The highest BCUT2D eigenvalue weighted by Crippen LogP contribution is 2.35. The van der Waals surface area contributed by atoms with E-state index >= 15 is 0 Å². The number of rotatable bonds is 4. The fourth-order valence-corrected chi connectivity index (χ4v) is 4.03. The molecule has 32 heavy (non-hydrogen) atoms. The molecule has 0 aliphatic carbocycles. The minimum atomic E-state index is -0.0896. The van der Waals surface area contributed by atoms with Crippen molar-refractivity contribution in [3.63, 3.8) is 0 Å². The van der Waals surface area contributed by atoms with Gasteiger partial charge in [-0.2, -0.15) is 0 Å². The molecule has 2 aromatic carbocycles. The van der Waals surface area contributed by atoms with Gasteiger partial charge < -0.3 is 24.0 Å². The molecule has 2 aliphatic heterocycles. The molecule has 1 fully saturated rings. The Morgan fingerprint density at radius 1 is 0.969 bits per heavy atom. The summed E-state index contributed by atoms with van der Waals surface area (Å²) in [5.74, 6) is 2.66. The zero-order valence-electron chi connectivity index (χ0n) is 17.5. The van der Waals surface area contributed by atoms with Crippen molar-refractivity contribution in [2.45, 2.75) is 0 Å². The van der Waals surface area contributed by atoms with E-state index in [1.165, 1.54) is 0 Å². The molecule has 164 valence electrons. The first-order chi connectivity index (χ1) is 15.6. The quantitative estimate of drug-likeness (QED) is 0.599. The van der Waals surface area contributed by atoms with Crippen molar-refractivity contribution in [2.24, 2.45) is 0 Å². The molecule has 5 rings (SSSR count). The number of methoxy groups -OCH3 is 1. The molecule has 1 saturated heterocycles. The first-order valence-corrected chi connectivity index (χ1v) is 10.6. The number of benzene rings is 2. The lowest BCUT2D eigenvalue weighted by atomic mass is 10.1. The summed E-state index contributed by atoms with van der Waals surface area (Å²) in [7, 11) is 1.55. The van der Waals surface area contributed by atoms with Crippen LogP contribution >= 0.6 is 11.6 Å². The Labute approximate surface area is 190 Å².